The number of amides is 1. The molecule has 0 aliphatic carbocycles. The van der Waals surface area contributed by atoms with Crippen molar-refractivity contribution in [2.45, 2.75) is 32.7 Å². The molecular formula is C8H16N2O. The lowest BCUT2D eigenvalue weighted by molar-refractivity contribution is -0.114. The molecule has 0 radical (unpaired) electrons. The molecule has 0 fully saturated rings. The highest BCUT2D eigenvalue weighted by Crippen LogP contribution is 1.99. The van der Waals surface area contributed by atoms with Crippen LogP contribution in [0.25, 0.3) is 0 Å². The fourth-order valence-corrected chi connectivity index (χ4v) is 0.820. The monoisotopic (exact) mass is 156 g/mol. The molecule has 3 heteroatoms. The molecule has 0 spiro atoms. The highest BCUT2D eigenvalue weighted by atomic mass is 16.1. The lowest BCUT2D eigenvalue weighted by Crippen LogP contribution is -2.20. The van der Waals surface area contributed by atoms with Gasteiger partial charge in [-0.15, -0.1) is 0 Å². The zero-order valence-corrected chi connectivity index (χ0v) is 7.13. The van der Waals surface area contributed by atoms with Gasteiger partial charge in [0, 0.05) is 11.6 Å². The van der Waals surface area contributed by atoms with Gasteiger partial charge in [0.1, 0.15) is 0 Å². The highest BCUT2D eigenvalue weighted by Gasteiger charge is 2.00. The molecule has 0 rings (SSSR count). The Labute approximate surface area is 67.4 Å². The van der Waals surface area contributed by atoms with Crippen LogP contribution in [0, 0.1) is 0 Å². The molecule has 1 atom stereocenters. The lowest BCUT2D eigenvalue weighted by atomic mass is 10.1. The normalized spacial score (nSPS) is 14.6. The fourth-order valence-electron chi connectivity index (χ4n) is 0.820. The summed E-state index contributed by atoms with van der Waals surface area (Å²) in [6.45, 7) is 3.73. The quantitative estimate of drug-likeness (QED) is 0.583. The lowest BCUT2D eigenvalue weighted by Gasteiger charge is -2.04. The molecule has 0 aromatic rings. The van der Waals surface area contributed by atoms with E-state index in [1.807, 2.05) is 6.92 Å². The van der Waals surface area contributed by atoms with Crippen molar-refractivity contribution in [2.24, 2.45) is 11.5 Å². The van der Waals surface area contributed by atoms with Crippen molar-refractivity contribution in [2.75, 3.05) is 0 Å². The van der Waals surface area contributed by atoms with E-state index in [1.54, 1.807) is 13.0 Å². The first-order chi connectivity index (χ1) is 5.07. The van der Waals surface area contributed by atoms with Crippen molar-refractivity contribution in [3.63, 3.8) is 0 Å². The molecule has 0 saturated heterocycles. The van der Waals surface area contributed by atoms with Crippen LogP contribution < -0.4 is 11.5 Å². The van der Waals surface area contributed by atoms with E-state index in [2.05, 4.69) is 0 Å². The standard InChI is InChI=1S/C8H16N2O/c1-3-4-7(9)5-6(2)8(10)11/h5,7H,3-4,9H2,1-2H3,(H2,10,11)/b6-5+. The van der Waals surface area contributed by atoms with E-state index in [4.69, 9.17) is 11.5 Å². The summed E-state index contributed by atoms with van der Waals surface area (Å²) in [4.78, 5) is 10.5. The second-order valence-electron chi connectivity index (χ2n) is 2.67. The first-order valence-corrected chi connectivity index (χ1v) is 3.81. The summed E-state index contributed by atoms with van der Waals surface area (Å²) in [6.07, 6.45) is 3.63. The molecular weight excluding hydrogens is 140 g/mol. The van der Waals surface area contributed by atoms with Gasteiger partial charge in [0.15, 0.2) is 0 Å². The topological polar surface area (TPSA) is 69.1 Å². The van der Waals surface area contributed by atoms with E-state index in [0.717, 1.165) is 12.8 Å². The summed E-state index contributed by atoms with van der Waals surface area (Å²) in [5, 5.41) is 0. The molecule has 64 valence electrons. The minimum Gasteiger partial charge on any atom is -0.366 e. The van der Waals surface area contributed by atoms with Crippen LogP contribution in [0.5, 0.6) is 0 Å². The molecule has 0 heterocycles. The van der Waals surface area contributed by atoms with E-state index in [9.17, 15) is 4.79 Å². The van der Waals surface area contributed by atoms with Crippen LogP contribution in [0.2, 0.25) is 0 Å². The Kier molecular flexibility index (Phi) is 4.54. The Morgan fingerprint density at radius 1 is 1.64 bits per heavy atom. The molecule has 1 unspecified atom stereocenters. The van der Waals surface area contributed by atoms with Gasteiger partial charge in [-0.05, 0) is 13.3 Å². The Morgan fingerprint density at radius 2 is 2.18 bits per heavy atom. The Bertz CT molecular complexity index is 163. The van der Waals surface area contributed by atoms with Crippen LogP contribution in [0.4, 0.5) is 0 Å². The molecule has 0 bridgehead atoms. The van der Waals surface area contributed by atoms with Gasteiger partial charge in [0.2, 0.25) is 5.91 Å². The van der Waals surface area contributed by atoms with Gasteiger partial charge in [-0.25, -0.2) is 0 Å². The fraction of sp³-hybridized carbons (Fsp3) is 0.625. The third-order valence-electron chi connectivity index (χ3n) is 1.47. The van der Waals surface area contributed by atoms with Crippen LogP contribution >= 0.6 is 0 Å². The number of hydrogen-bond donors (Lipinski definition) is 2. The summed E-state index contributed by atoms with van der Waals surface area (Å²) >= 11 is 0. The number of nitrogens with two attached hydrogens (primary N) is 2. The van der Waals surface area contributed by atoms with Crippen molar-refractivity contribution < 1.29 is 4.79 Å². The van der Waals surface area contributed by atoms with Gasteiger partial charge in [-0.1, -0.05) is 19.4 Å². The summed E-state index contributed by atoms with van der Waals surface area (Å²) in [7, 11) is 0. The van der Waals surface area contributed by atoms with Crippen molar-refractivity contribution >= 4 is 5.91 Å². The molecule has 3 nitrogen and oxygen atoms in total. The van der Waals surface area contributed by atoms with Crippen molar-refractivity contribution in [1.82, 2.24) is 0 Å². The van der Waals surface area contributed by atoms with Gasteiger partial charge in [-0.2, -0.15) is 0 Å². The zero-order chi connectivity index (χ0) is 8.85. The molecule has 4 N–H and O–H groups in total. The van der Waals surface area contributed by atoms with E-state index in [-0.39, 0.29) is 6.04 Å². The number of rotatable bonds is 4. The highest BCUT2D eigenvalue weighted by molar-refractivity contribution is 5.91. The Morgan fingerprint density at radius 3 is 2.55 bits per heavy atom. The largest absolute Gasteiger partial charge is 0.366 e. The van der Waals surface area contributed by atoms with Crippen molar-refractivity contribution in [3.05, 3.63) is 11.6 Å². The summed E-state index contributed by atoms with van der Waals surface area (Å²) in [6, 6.07) is -0.0347. The molecule has 0 aliphatic heterocycles. The average Bonchev–Trinajstić information content (AvgIpc) is 1.87. The molecule has 11 heavy (non-hydrogen) atoms. The SMILES string of the molecule is CCCC(N)/C=C(\C)C(N)=O. The van der Waals surface area contributed by atoms with E-state index >= 15 is 0 Å². The maximum atomic E-state index is 10.5. The van der Waals surface area contributed by atoms with Crippen molar-refractivity contribution in [3.8, 4) is 0 Å². The Balaban J connectivity index is 3.96. The van der Waals surface area contributed by atoms with Crippen LogP contribution in [-0.2, 0) is 4.79 Å². The van der Waals surface area contributed by atoms with Gasteiger partial charge in [0.25, 0.3) is 0 Å². The predicted octanol–water partition coefficient (Wildman–Crippen LogP) is 0.545. The van der Waals surface area contributed by atoms with Crippen LogP contribution in [0.15, 0.2) is 11.6 Å². The van der Waals surface area contributed by atoms with E-state index < -0.39 is 5.91 Å². The number of carbonyl (C=O) groups excluding carboxylic acids is 1. The number of carbonyl (C=O) groups is 1. The van der Waals surface area contributed by atoms with Gasteiger partial charge in [0.05, 0.1) is 0 Å². The van der Waals surface area contributed by atoms with Crippen LogP contribution in [0.3, 0.4) is 0 Å². The minimum absolute atomic E-state index is 0.0347. The molecule has 0 aromatic carbocycles. The maximum absolute atomic E-state index is 10.5. The Hall–Kier alpha value is -0.830. The van der Waals surface area contributed by atoms with Gasteiger partial charge < -0.3 is 11.5 Å². The molecule has 1 amide bonds. The first-order valence-electron chi connectivity index (χ1n) is 3.81. The summed E-state index contributed by atoms with van der Waals surface area (Å²) < 4.78 is 0. The third-order valence-corrected chi connectivity index (χ3v) is 1.47. The number of hydrogen-bond acceptors (Lipinski definition) is 2. The van der Waals surface area contributed by atoms with E-state index in [1.165, 1.54) is 0 Å². The molecule has 0 saturated carbocycles. The predicted molar refractivity (Wildman–Crippen MR) is 45.8 cm³/mol. The zero-order valence-electron chi connectivity index (χ0n) is 7.13. The second-order valence-corrected chi connectivity index (χ2v) is 2.67. The molecule has 0 aliphatic rings. The molecule has 0 aromatic heterocycles. The first kappa shape index (κ1) is 10.2. The van der Waals surface area contributed by atoms with E-state index in [0.29, 0.717) is 5.57 Å². The smallest absolute Gasteiger partial charge is 0.244 e. The number of primary amides is 1. The van der Waals surface area contributed by atoms with Crippen LogP contribution in [0.1, 0.15) is 26.7 Å². The van der Waals surface area contributed by atoms with Gasteiger partial charge in [-0.3, -0.25) is 4.79 Å². The second kappa shape index (κ2) is 4.91. The average molecular weight is 156 g/mol. The minimum atomic E-state index is -0.392. The van der Waals surface area contributed by atoms with Crippen molar-refractivity contribution in [1.29, 1.82) is 0 Å². The van der Waals surface area contributed by atoms with Crippen LogP contribution in [-0.4, -0.2) is 11.9 Å². The third kappa shape index (κ3) is 4.56. The van der Waals surface area contributed by atoms with Gasteiger partial charge >= 0.3 is 0 Å². The maximum Gasteiger partial charge on any atom is 0.244 e. The summed E-state index contributed by atoms with van der Waals surface area (Å²) in [5.41, 5.74) is 11.2. The summed E-state index contributed by atoms with van der Waals surface area (Å²) in [5.74, 6) is -0.392.